The van der Waals surface area contributed by atoms with Crippen molar-refractivity contribution in [2.75, 3.05) is 6.61 Å². The summed E-state index contributed by atoms with van der Waals surface area (Å²) in [5, 5.41) is 18.0. The van der Waals surface area contributed by atoms with E-state index in [1.165, 1.54) is 0 Å². The minimum absolute atomic E-state index is 0.271. The van der Waals surface area contributed by atoms with Gasteiger partial charge in [-0.05, 0) is 12.8 Å². The van der Waals surface area contributed by atoms with Crippen molar-refractivity contribution in [3.63, 3.8) is 0 Å². The maximum Gasteiger partial charge on any atom is 0.277 e. The second-order valence-corrected chi connectivity index (χ2v) is 2.34. The quantitative estimate of drug-likeness (QED) is 0.568. The predicted octanol–water partition coefficient (Wildman–Crippen LogP) is 0.852. The Kier molecular flexibility index (Phi) is 4.60. The molecule has 0 aromatic heterocycles. The molecule has 0 rings (SSSR count). The fourth-order valence-electron chi connectivity index (χ4n) is 0.663. The summed E-state index contributed by atoms with van der Waals surface area (Å²) < 4.78 is 4.73. The lowest BCUT2D eigenvalue weighted by molar-refractivity contribution is -0.340. The van der Waals surface area contributed by atoms with E-state index >= 15 is 0 Å². The van der Waals surface area contributed by atoms with E-state index < -0.39 is 5.97 Å². The topological polar surface area (TPSA) is 49.7 Å². The zero-order valence-electron chi connectivity index (χ0n) is 6.63. The fraction of sp³-hybridized carbons (Fsp3) is 1.00. The number of ether oxygens (including phenoxy) is 1. The third-order valence-electron chi connectivity index (χ3n) is 1.11. The smallest absolute Gasteiger partial charge is 0.277 e. The highest BCUT2D eigenvalue weighted by Gasteiger charge is 2.21. The van der Waals surface area contributed by atoms with Crippen molar-refractivity contribution in [2.24, 2.45) is 0 Å². The van der Waals surface area contributed by atoms with Gasteiger partial charge in [-0.1, -0.05) is 13.8 Å². The molecule has 0 heterocycles. The molecule has 0 aliphatic rings. The summed E-state index contributed by atoms with van der Waals surface area (Å²) in [5.74, 6) is -1.90. The Bertz CT molecular complexity index is 80.9. The Balaban J connectivity index is 3.42. The minimum Gasteiger partial charge on any atom is -0.343 e. The van der Waals surface area contributed by atoms with Crippen molar-refractivity contribution in [2.45, 2.75) is 39.1 Å². The summed E-state index contributed by atoms with van der Waals surface area (Å²) in [6.45, 7) is 4.19. The Morgan fingerprint density at radius 2 is 1.80 bits per heavy atom. The number of hydrogen-bond acceptors (Lipinski definition) is 3. The van der Waals surface area contributed by atoms with Gasteiger partial charge < -0.3 is 14.9 Å². The summed E-state index contributed by atoms with van der Waals surface area (Å²) in [6.07, 6.45) is 1.77. The normalized spacial score (nSPS) is 12.0. The Hall–Kier alpha value is -0.120. The zero-order chi connectivity index (χ0) is 8.04. The molecule has 0 bridgehead atoms. The van der Waals surface area contributed by atoms with Crippen molar-refractivity contribution < 1.29 is 14.9 Å². The van der Waals surface area contributed by atoms with Gasteiger partial charge in [0.1, 0.15) is 0 Å². The molecule has 0 fully saturated rings. The monoisotopic (exact) mass is 148 g/mol. The van der Waals surface area contributed by atoms with Crippen molar-refractivity contribution in [1.82, 2.24) is 0 Å². The SMILES string of the molecule is CCCOC(O)(O)CCC. The van der Waals surface area contributed by atoms with Crippen molar-refractivity contribution in [1.29, 1.82) is 0 Å². The predicted molar refractivity (Wildman–Crippen MR) is 38.3 cm³/mol. The van der Waals surface area contributed by atoms with E-state index in [0.717, 1.165) is 6.42 Å². The molecule has 0 radical (unpaired) electrons. The van der Waals surface area contributed by atoms with E-state index in [1.807, 2.05) is 13.8 Å². The molecule has 0 unspecified atom stereocenters. The van der Waals surface area contributed by atoms with Gasteiger partial charge in [-0.3, -0.25) is 0 Å². The lowest BCUT2D eigenvalue weighted by atomic mass is 10.3. The molecule has 0 aromatic carbocycles. The van der Waals surface area contributed by atoms with Gasteiger partial charge in [0.15, 0.2) is 0 Å². The number of rotatable bonds is 5. The molecule has 0 atom stereocenters. The second-order valence-electron chi connectivity index (χ2n) is 2.34. The van der Waals surface area contributed by atoms with Gasteiger partial charge in [0.05, 0.1) is 6.61 Å². The van der Waals surface area contributed by atoms with Crippen molar-refractivity contribution in [3.05, 3.63) is 0 Å². The summed E-state index contributed by atoms with van der Waals surface area (Å²) in [5.41, 5.74) is 0. The van der Waals surface area contributed by atoms with Gasteiger partial charge in [0.25, 0.3) is 5.97 Å². The molecule has 0 saturated carbocycles. The third-order valence-corrected chi connectivity index (χ3v) is 1.11. The van der Waals surface area contributed by atoms with Gasteiger partial charge in [-0.15, -0.1) is 0 Å². The molecule has 0 aromatic rings. The standard InChI is InChI=1S/C7H16O3/c1-3-5-7(8,9)10-6-4-2/h8-9H,3-6H2,1-2H3. The van der Waals surface area contributed by atoms with Crippen LogP contribution in [0.2, 0.25) is 0 Å². The molecule has 3 heteroatoms. The highest BCUT2D eigenvalue weighted by molar-refractivity contribution is 4.48. The highest BCUT2D eigenvalue weighted by atomic mass is 16.8. The minimum atomic E-state index is -1.90. The van der Waals surface area contributed by atoms with E-state index in [1.54, 1.807) is 0 Å². The molecular weight excluding hydrogens is 132 g/mol. The van der Waals surface area contributed by atoms with Crippen LogP contribution in [0.5, 0.6) is 0 Å². The average Bonchev–Trinajstić information content (AvgIpc) is 1.84. The van der Waals surface area contributed by atoms with E-state index in [0.29, 0.717) is 13.0 Å². The molecule has 10 heavy (non-hydrogen) atoms. The first-order valence-electron chi connectivity index (χ1n) is 3.71. The zero-order valence-corrected chi connectivity index (χ0v) is 6.63. The van der Waals surface area contributed by atoms with Gasteiger partial charge in [0, 0.05) is 6.42 Å². The van der Waals surface area contributed by atoms with Gasteiger partial charge >= 0.3 is 0 Å². The van der Waals surface area contributed by atoms with Crippen LogP contribution in [0.4, 0.5) is 0 Å². The maximum atomic E-state index is 8.98. The van der Waals surface area contributed by atoms with Crippen molar-refractivity contribution in [3.8, 4) is 0 Å². The van der Waals surface area contributed by atoms with Crippen LogP contribution >= 0.6 is 0 Å². The van der Waals surface area contributed by atoms with Crippen LogP contribution in [-0.2, 0) is 4.74 Å². The average molecular weight is 148 g/mol. The third kappa shape index (κ3) is 4.73. The summed E-state index contributed by atoms with van der Waals surface area (Å²) >= 11 is 0. The summed E-state index contributed by atoms with van der Waals surface area (Å²) in [6, 6.07) is 0. The first-order valence-corrected chi connectivity index (χ1v) is 3.71. The molecule has 0 amide bonds. The van der Waals surface area contributed by atoms with Crippen LogP contribution in [0.15, 0.2) is 0 Å². The Morgan fingerprint density at radius 3 is 2.20 bits per heavy atom. The van der Waals surface area contributed by atoms with Crippen LogP contribution in [-0.4, -0.2) is 22.8 Å². The lowest BCUT2D eigenvalue weighted by Gasteiger charge is -2.20. The van der Waals surface area contributed by atoms with Crippen LogP contribution in [0, 0.1) is 0 Å². The molecule has 0 saturated heterocycles. The van der Waals surface area contributed by atoms with Crippen LogP contribution in [0.3, 0.4) is 0 Å². The number of aliphatic hydroxyl groups is 2. The number of hydrogen-bond donors (Lipinski definition) is 2. The van der Waals surface area contributed by atoms with E-state index in [9.17, 15) is 0 Å². The van der Waals surface area contributed by atoms with E-state index in [-0.39, 0.29) is 6.42 Å². The first kappa shape index (κ1) is 9.88. The van der Waals surface area contributed by atoms with Crippen LogP contribution < -0.4 is 0 Å². The lowest BCUT2D eigenvalue weighted by Crippen LogP contribution is -2.31. The van der Waals surface area contributed by atoms with Gasteiger partial charge in [0.2, 0.25) is 0 Å². The molecule has 3 nitrogen and oxygen atoms in total. The second kappa shape index (κ2) is 4.66. The van der Waals surface area contributed by atoms with Crippen LogP contribution in [0.1, 0.15) is 33.1 Å². The van der Waals surface area contributed by atoms with Crippen LogP contribution in [0.25, 0.3) is 0 Å². The van der Waals surface area contributed by atoms with Gasteiger partial charge in [-0.25, -0.2) is 0 Å². The largest absolute Gasteiger partial charge is 0.343 e. The van der Waals surface area contributed by atoms with Gasteiger partial charge in [-0.2, -0.15) is 0 Å². The molecule has 62 valence electrons. The Labute approximate surface area is 61.6 Å². The molecule has 0 spiro atoms. The Morgan fingerprint density at radius 1 is 1.20 bits per heavy atom. The molecule has 0 aliphatic carbocycles. The summed E-state index contributed by atoms with van der Waals surface area (Å²) in [4.78, 5) is 0. The maximum absolute atomic E-state index is 8.98. The van der Waals surface area contributed by atoms with E-state index in [2.05, 4.69) is 0 Å². The van der Waals surface area contributed by atoms with Crippen molar-refractivity contribution >= 4 is 0 Å². The summed E-state index contributed by atoms with van der Waals surface area (Å²) in [7, 11) is 0. The fourth-order valence-corrected chi connectivity index (χ4v) is 0.663. The highest BCUT2D eigenvalue weighted by Crippen LogP contribution is 2.09. The first-order chi connectivity index (χ1) is 4.62. The molecule has 0 aliphatic heterocycles. The molecular formula is C7H16O3. The van der Waals surface area contributed by atoms with E-state index in [4.69, 9.17) is 14.9 Å². The molecule has 2 N–H and O–H groups in total.